The number of phenolic OH excluding ortho intramolecular Hbond substituents is 1. The van der Waals surface area contributed by atoms with E-state index in [2.05, 4.69) is 10.1 Å². The van der Waals surface area contributed by atoms with Gasteiger partial charge in [0.25, 0.3) is 0 Å². The van der Waals surface area contributed by atoms with E-state index in [4.69, 9.17) is 10.3 Å². The molecule has 0 saturated heterocycles. The molecule has 5 heteroatoms. The van der Waals surface area contributed by atoms with Crippen molar-refractivity contribution < 1.29 is 9.63 Å². The summed E-state index contributed by atoms with van der Waals surface area (Å²) in [6.07, 6.45) is 0.525. The lowest BCUT2D eigenvalue weighted by molar-refractivity contribution is 0.385. The summed E-state index contributed by atoms with van der Waals surface area (Å²) in [6.45, 7) is 0. The normalized spacial score (nSPS) is 10.6. The highest BCUT2D eigenvalue weighted by Gasteiger charge is 2.09. The first-order valence-corrected chi connectivity index (χ1v) is 6.17. The number of hydrogen-bond donors (Lipinski definition) is 2. The smallest absolute Gasteiger partial charge is 0.231 e. The van der Waals surface area contributed by atoms with Crippen molar-refractivity contribution in [1.29, 1.82) is 0 Å². The molecule has 0 aliphatic heterocycles. The number of hydrogen-bond acceptors (Lipinski definition) is 5. The van der Waals surface area contributed by atoms with E-state index in [-0.39, 0.29) is 5.75 Å². The highest BCUT2D eigenvalue weighted by Crippen LogP contribution is 2.21. The predicted molar refractivity (Wildman–Crippen MR) is 75.1 cm³/mol. The molecule has 20 heavy (non-hydrogen) atoms. The first-order chi connectivity index (χ1) is 9.70. The van der Waals surface area contributed by atoms with Crippen LogP contribution in [0.4, 0.5) is 5.69 Å². The minimum atomic E-state index is 0.171. The molecule has 3 rings (SSSR count). The summed E-state index contributed by atoms with van der Waals surface area (Å²) < 4.78 is 5.22. The zero-order valence-corrected chi connectivity index (χ0v) is 10.7. The third-order valence-corrected chi connectivity index (χ3v) is 2.88. The molecule has 3 N–H and O–H groups in total. The van der Waals surface area contributed by atoms with Crippen LogP contribution in [0.3, 0.4) is 0 Å². The van der Waals surface area contributed by atoms with Gasteiger partial charge in [-0.3, -0.25) is 0 Å². The van der Waals surface area contributed by atoms with Crippen LogP contribution in [0.1, 0.15) is 11.5 Å². The molecule has 0 aliphatic rings. The zero-order chi connectivity index (χ0) is 13.9. The van der Waals surface area contributed by atoms with Crippen LogP contribution in [0, 0.1) is 0 Å². The van der Waals surface area contributed by atoms with Gasteiger partial charge in [-0.05, 0) is 29.8 Å². The van der Waals surface area contributed by atoms with Crippen LogP contribution < -0.4 is 5.73 Å². The summed E-state index contributed by atoms with van der Waals surface area (Å²) in [5.41, 5.74) is 8.16. The molecule has 0 amide bonds. The molecule has 1 heterocycles. The van der Waals surface area contributed by atoms with Gasteiger partial charge >= 0.3 is 0 Å². The van der Waals surface area contributed by atoms with Crippen LogP contribution in [-0.4, -0.2) is 15.2 Å². The largest absolute Gasteiger partial charge is 0.508 e. The Hall–Kier alpha value is -2.82. The molecule has 0 radical (unpaired) electrons. The Morgan fingerprint density at radius 3 is 2.75 bits per heavy atom. The van der Waals surface area contributed by atoms with Gasteiger partial charge in [0.1, 0.15) is 5.75 Å². The zero-order valence-electron chi connectivity index (χ0n) is 10.7. The Bertz CT molecular complexity index is 737. The van der Waals surface area contributed by atoms with Crippen molar-refractivity contribution in [2.24, 2.45) is 0 Å². The van der Waals surface area contributed by atoms with E-state index in [0.29, 0.717) is 29.4 Å². The molecule has 1 aromatic heterocycles. The Morgan fingerprint density at radius 2 is 1.95 bits per heavy atom. The predicted octanol–water partition coefficient (Wildman–Crippen LogP) is 2.62. The van der Waals surface area contributed by atoms with Gasteiger partial charge in [-0.15, -0.1) is 0 Å². The summed E-state index contributed by atoms with van der Waals surface area (Å²) in [4.78, 5) is 4.32. The van der Waals surface area contributed by atoms with Crippen LogP contribution >= 0.6 is 0 Å². The lowest BCUT2D eigenvalue weighted by Crippen LogP contribution is -1.91. The standard InChI is InChI=1S/C15H13N3O2/c16-12-5-1-3-10(7-12)8-14-17-15(18-20-14)11-4-2-6-13(19)9-11/h1-7,9,19H,8,16H2. The first-order valence-electron chi connectivity index (χ1n) is 6.17. The van der Waals surface area contributed by atoms with Crippen molar-refractivity contribution in [2.75, 3.05) is 5.73 Å². The Labute approximate surface area is 115 Å². The molecule has 0 spiro atoms. The quantitative estimate of drug-likeness (QED) is 0.712. The van der Waals surface area contributed by atoms with E-state index in [0.717, 1.165) is 5.56 Å². The first kappa shape index (κ1) is 12.2. The topological polar surface area (TPSA) is 85.2 Å². The van der Waals surface area contributed by atoms with Crippen LogP contribution in [0.2, 0.25) is 0 Å². The van der Waals surface area contributed by atoms with Crippen LogP contribution in [0.15, 0.2) is 53.1 Å². The average Bonchev–Trinajstić information content (AvgIpc) is 2.87. The van der Waals surface area contributed by atoms with Crippen molar-refractivity contribution in [2.45, 2.75) is 6.42 Å². The molecule has 100 valence electrons. The van der Waals surface area contributed by atoms with Crippen molar-refractivity contribution >= 4 is 5.69 Å². The minimum absolute atomic E-state index is 0.171. The SMILES string of the molecule is Nc1cccc(Cc2nc(-c3cccc(O)c3)no2)c1. The number of benzene rings is 2. The molecule has 2 aromatic carbocycles. The van der Waals surface area contributed by atoms with E-state index in [1.165, 1.54) is 0 Å². The van der Waals surface area contributed by atoms with Crippen molar-refractivity contribution in [1.82, 2.24) is 10.1 Å². The maximum absolute atomic E-state index is 9.45. The lowest BCUT2D eigenvalue weighted by atomic mass is 10.1. The number of nitrogen functional groups attached to an aromatic ring is 1. The second-order valence-corrected chi connectivity index (χ2v) is 4.48. The van der Waals surface area contributed by atoms with Gasteiger partial charge in [-0.25, -0.2) is 0 Å². The van der Waals surface area contributed by atoms with Crippen molar-refractivity contribution in [3.05, 3.63) is 60.0 Å². The van der Waals surface area contributed by atoms with Gasteiger partial charge in [-0.2, -0.15) is 4.98 Å². The lowest BCUT2D eigenvalue weighted by Gasteiger charge is -1.98. The molecule has 0 bridgehead atoms. The fourth-order valence-electron chi connectivity index (χ4n) is 1.97. The molecule has 3 aromatic rings. The fourth-order valence-corrected chi connectivity index (χ4v) is 1.97. The number of nitrogens with zero attached hydrogens (tertiary/aromatic N) is 2. The fraction of sp³-hybridized carbons (Fsp3) is 0.0667. The van der Waals surface area contributed by atoms with Gasteiger partial charge in [0.15, 0.2) is 0 Å². The van der Waals surface area contributed by atoms with Gasteiger partial charge in [0, 0.05) is 11.3 Å². The Morgan fingerprint density at radius 1 is 1.10 bits per heavy atom. The van der Waals surface area contributed by atoms with Gasteiger partial charge in [0.05, 0.1) is 6.42 Å². The summed E-state index contributed by atoms with van der Waals surface area (Å²) >= 11 is 0. The van der Waals surface area contributed by atoms with E-state index >= 15 is 0 Å². The van der Waals surface area contributed by atoms with Gasteiger partial charge < -0.3 is 15.4 Å². The van der Waals surface area contributed by atoms with E-state index in [1.54, 1.807) is 18.2 Å². The summed E-state index contributed by atoms with van der Waals surface area (Å²) in [6, 6.07) is 14.3. The molecular weight excluding hydrogens is 254 g/mol. The molecule has 0 fully saturated rings. The second kappa shape index (κ2) is 5.05. The molecule has 0 atom stereocenters. The van der Waals surface area contributed by atoms with E-state index in [1.807, 2.05) is 30.3 Å². The highest BCUT2D eigenvalue weighted by molar-refractivity contribution is 5.56. The third kappa shape index (κ3) is 2.61. The summed E-state index contributed by atoms with van der Waals surface area (Å²) in [5.74, 6) is 1.14. The summed E-state index contributed by atoms with van der Waals surface area (Å²) in [7, 11) is 0. The molecular formula is C15H13N3O2. The highest BCUT2D eigenvalue weighted by atomic mass is 16.5. The Balaban J connectivity index is 1.84. The number of aromatic hydroxyl groups is 1. The molecule has 0 aliphatic carbocycles. The number of rotatable bonds is 3. The van der Waals surface area contributed by atoms with Crippen molar-refractivity contribution in [3.8, 4) is 17.1 Å². The summed E-state index contributed by atoms with van der Waals surface area (Å²) in [5, 5.41) is 13.4. The second-order valence-electron chi connectivity index (χ2n) is 4.48. The number of anilines is 1. The van der Waals surface area contributed by atoms with Crippen molar-refractivity contribution in [3.63, 3.8) is 0 Å². The minimum Gasteiger partial charge on any atom is -0.508 e. The molecule has 5 nitrogen and oxygen atoms in total. The van der Waals surface area contributed by atoms with E-state index < -0.39 is 0 Å². The van der Waals surface area contributed by atoms with Crippen LogP contribution in [0.5, 0.6) is 5.75 Å². The monoisotopic (exact) mass is 267 g/mol. The molecule has 0 unspecified atom stereocenters. The third-order valence-electron chi connectivity index (χ3n) is 2.88. The number of nitrogens with two attached hydrogens (primary N) is 1. The molecule has 0 saturated carbocycles. The van der Waals surface area contributed by atoms with Gasteiger partial charge in [0.2, 0.25) is 11.7 Å². The Kier molecular flexibility index (Phi) is 3.09. The van der Waals surface area contributed by atoms with Crippen LogP contribution in [-0.2, 0) is 6.42 Å². The average molecular weight is 267 g/mol. The maximum atomic E-state index is 9.45. The van der Waals surface area contributed by atoms with E-state index in [9.17, 15) is 5.11 Å². The maximum Gasteiger partial charge on any atom is 0.231 e. The number of phenols is 1. The van der Waals surface area contributed by atoms with Gasteiger partial charge in [-0.1, -0.05) is 29.4 Å². The number of aromatic nitrogens is 2. The van der Waals surface area contributed by atoms with Crippen LogP contribution in [0.25, 0.3) is 11.4 Å².